The third-order valence-corrected chi connectivity index (χ3v) is 3.26. The van der Waals surface area contributed by atoms with Crippen LogP contribution < -0.4 is 0 Å². The van der Waals surface area contributed by atoms with Crippen molar-refractivity contribution < 1.29 is 8.91 Å². The zero-order chi connectivity index (χ0) is 14.8. The third kappa shape index (κ3) is 2.84. The van der Waals surface area contributed by atoms with E-state index in [1.807, 2.05) is 38.1 Å². The first-order chi connectivity index (χ1) is 10.1. The maximum atomic E-state index is 12.9. The van der Waals surface area contributed by atoms with E-state index in [1.54, 1.807) is 12.1 Å². The van der Waals surface area contributed by atoms with Gasteiger partial charge >= 0.3 is 0 Å². The topological polar surface area (TPSA) is 38.9 Å². The highest BCUT2D eigenvalue weighted by Gasteiger charge is 2.11. The largest absolute Gasteiger partial charge is 0.339 e. The Morgan fingerprint density at radius 1 is 0.857 bits per heavy atom. The molecule has 3 rings (SSSR count). The fraction of sp³-hybridized carbons (Fsp3) is 0.176. The summed E-state index contributed by atoms with van der Waals surface area (Å²) >= 11 is 0. The molecule has 0 unspecified atom stereocenters. The van der Waals surface area contributed by atoms with Gasteiger partial charge in [0.15, 0.2) is 0 Å². The van der Waals surface area contributed by atoms with Crippen LogP contribution in [0.1, 0.15) is 25.7 Å². The van der Waals surface area contributed by atoms with Gasteiger partial charge in [-0.15, -0.1) is 0 Å². The number of hydrogen-bond acceptors (Lipinski definition) is 3. The second-order valence-corrected chi connectivity index (χ2v) is 5.20. The molecule has 106 valence electrons. The summed E-state index contributed by atoms with van der Waals surface area (Å²) in [6, 6.07) is 14.2. The monoisotopic (exact) mass is 282 g/mol. The lowest BCUT2D eigenvalue weighted by Gasteiger charge is -2.02. The van der Waals surface area contributed by atoms with Crippen molar-refractivity contribution >= 4 is 0 Å². The fourth-order valence-corrected chi connectivity index (χ4v) is 2.04. The molecule has 1 heterocycles. The molecule has 0 spiro atoms. The third-order valence-electron chi connectivity index (χ3n) is 3.26. The highest BCUT2D eigenvalue weighted by Crippen LogP contribution is 2.24. The van der Waals surface area contributed by atoms with E-state index in [-0.39, 0.29) is 11.7 Å². The zero-order valence-electron chi connectivity index (χ0n) is 11.9. The molecular weight excluding hydrogens is 267 g/mol. The van der Waals surface area contributed by atoms with Crippen molar-refractivity contribution in [3.05, 3.63) is 60.2 Å². The van der Waals surface area contributed by atoms with E-state index in [9.17, 15) is 4.39 Å². The van der Waals surface area contributed by atoms with Crippen LogP contribution in [-0.4, -0.2) is 10.1 Å². The summed E-state index contributed by atoms with van der Waals surface area (Å²) in [5, 5.41) is 3.99. The smallest absolute Gasteiger partial charge is 0.229 e. The van der Waals surface area contributed by atoms with Crippen molar-refractivity contribution in [3.63, 3.8) is 0 Å². The summed E-state index contributed by atoms with van der Waals surface area (Å²) in [5.41, 5.74) is 2.89. The van der Waals surface area contributed by atoms with Crippen LogP contribution in [-0.2, 0) is 0 Å². The van der Waals surface area contributed by atoms with Gasteiger partial charge in [0.25, 0.3) is 0 Å². The summed E-state index contributed by atoms with van der Waals surface area (Å²) in [6.07, 6.45) is 0. The molecule has 2 aromatic carbocycles. The van der Waals surface area contributed by atoms with Gasteiger partial charge in [0.05, 0.1) is 0 Å². The molecule has 0 radical (unpaired) electrons. The van der Waals surface area contributed by atoms with Crippen LogP contribution in [0.4, 0.5) is 4.39 Å². The maximum Gasteiger partial charge on any atom is 0.229 e. The van der Waals surface area contributed by atoms with E-state index in [4.69, 9.17) is 4.52 Å². The van der Waals surface area contributed by atoms with E-state index in [2.05, 4.69) is 10.1 Å². The Morgan fingerprint density at radius 2 is 1.38 bits per heavy atom. The molecule has 0 atom stereocenters. The van der Waals surface area contributed by atoms with Crippen LogP contribution in [0.25, 0.3) is 22.5 Å². The van der Waals surface area contributed by atoms with Gasteiger partial charge in [-0.2, -0.15) is 4.98 Å². The van der Waals surface area contributed by atoms with Gasteiger partial charge < -0.3 is 4.52 Å². The van der Waals surface area contributed by atoms with Crippen LogP contribution in [0, 0.1) is 5.82 Å². The van der Waals surface area contributed by atoms with Crippen molar-refractivity contribution in [2.24, 2.45) is 0 Å². The van der Waals surface area contributed by atoms with Gasteiger partial charge in [-0.05, 0) is 23.3 Å². The minimum Gasteiger partial charge on any atom is -0.339 e. The van der Waals surface area contributed by atoms with E-state index < -0.39 is 0 Å². The predicted octanol–water partition coefficient (Wildman–Crippen LogP) is 4.67. The lowest BCUT2D eigenvalue weighted by atomic mass is 10.0. The Morgan fingerprint density at radius 3 is 1.90 bits per heavy atom. The zero-order valence-corrected chi connectivity index (χ0v) is 11.9. The molecule has 21 heavy (non-hydrogen) atoms. The second kappa shape index (κ2) is 5.48. The summed E-state index contributed by atoms with van der Waals surface area (Å²) < 4.78 is 18.1. The van der Waals surface area contributed by atoms with Crippen LogP contribution in [0.5, 0.6) is 0 Å². The number of benzene rings is 2. The Bertz CT molecular complexity index is 730. The molecule has 0 N–H and O–H groups in total. The van der Waals surface area contributed by atoms with Gasteiger partial charge in [0.2, 0.25) is 11.7 Å². The van der Waals surface area contributed by atoms with Crippen molar-refractivity contribution in [2.75, 3.05) is 0 Å². The van der Waals surface area contributed by atoms with Gasteiger partial charge in [-0.25, -0.2) is 4.39 Å². The first kappa shape index (κ1) is 13.5. The molecule has 0 saturated heterocycles. The minimum absolute atomic E-state index is 0.213. The van der Waals surface area contributed by atoms with Crippen LogP contribution in [0.3, 0.4) is 0 Å². The molecule has 0 aliphatic rings. The van der Waals surface area contributed by atoms with E-state index >= 15 is 0 Å². The predicted molar refractivity (Wildman–Crippen MR) is 79.2 cm³/mol. The Hall–Kier alpha value is -2.49. The normalized spacial score (nSPS) is 11.0. The van der Waals surface area contributed by atoms with Crippen molar-refractivity contribution in [2.45, 2.75) is 19.8 Å². The summed E-state index contributed by atoms with van der Waals surface area (Å²) in [5.74, 6) is 1.20. The highest BCUT2D eigenvalue weighted by atomic mass is 19.1. The van der Waals surface area contributed by atoms with Gasteiger partial charge in [0.1, 0.15) is 5.82 Å². The lowest BCUT2D eigenvalue weighted by molar-refractivity contribution is 0.365. The molecule has 4 heteroatoms. The van der Waals surface area contributed by atoms with Crippen molar-refractivity contribution in [1.82, 2.24) is 10.1 Å². The molecule has 1 aromatic heterocycles. The molecule has 0 saturated carbocycles. The maximum absolute atomic E-state index is 12.9. The Labute approximate surface area is 122 Å². The quantitative estimate of drug-likeness (QED) is 0.701. The fourth-order valence-electron chi connectivity index (χ4n) is 2.04. The SMILES string of the molecule is CC(C)c1nc(-c2ccc(-c3ccc(F)cc3)cc2)no1. The highest BCUT2D eigenvalue weighted by molar-refractivity contribution is 5.67. The van der Waals surface area contributed by atoms with Gasteiger partial charge in [-0.3, -0.25) is 0 Å². The van der Waals surface area contributed by atoms with E-state index in [1.165, 1.54) is 12.1 Å². The molecule has 3 nitrogen and oxygen atoms in total. The molecule has 0 aliphatic heterocycles. The molecule has 0 bridgehead atoms. The lowest BCUT2D eigenvalue weighted by Crippen LogP contribution is -1.87. The first-order valence-electron chi connectivity index (χ1n) is 6.83. The number of halogens is 1. The van der Waals surface area contributed by atoms with Gasteiger partial charge in [-0.1, -0.05) is 55.4 Å². The first-order valence-corrected chi connectivity index (χ1v) is 6.83. The van der Waals surface area contributed by atoms with Crippen LogP contribution in [0.2, 0.25) is 0 Å². The van der Waals surface area contributed by atoms with Crippen LogP contribution in [0.15, 0.2) is 53.1 Å². The average molecular weight is 282 g/mol. The van der Waals surface area contributed by atoms with Gasteiger partial charge in [0, 0.05) is 11.5 Å². The number of aromatic nitrogens is 2. The summed E-state index contributed by atoms with van der Waals surface area (Å²) in [4.78, 5) is 4.37. The summed E-state index contributed by atoms with van der Waals surface area (Å²) in [7, 11) is 0. The molecule has 0 aliphatic carbocycles. The molecular formula is C17H15FN2O. The molecule has 0 fully saturated rings. The van der Waals surface area contributed by atoms with Crippen LogP contribution >= 0.6 is 0 Å². The van der Waals surface area contributed by atoms with E-state index in [0.29, 0.717) is 11.7 Å². The number of rotatable bonds is 3. The summed E-state index contributed by atoms with van der Waals surface area (Å²) in [6.45, 7) is 4.02. The van der Waals surface area contributed by atoms with E-state index in [0.717, 1.165) is 16.7 Å². The molecule has 0 amide bonds. The van der Waals surface area contributed by atoms with Crippen molar-refractivity contribution in [3.8, 4) is 22.5 Å². The number of hydrogen-bond donors (Lipinski definition) is 0. The minimum atomic E-state index is -0.233. The number of nitrogens with zero attached hydrogens (tertiary/aromatic N) is 2. The Kier molecular flexibility index (Phi) is 3.52. The average Bonchev–Trinajstić information content (AvgIpc) is 2.98. The molecule has 3 aromatic rings. The standard InChI is InChI=1S/C17H15FN2O/c1-11(2)17-19-16(20-21-17)14-5-3-12(4-6-14)13-7-9-15(18)10-8-13/h3-11H,1-2H3. The van der Waals surface area contributed by atoms with Crippen molar-refractivity contribution in [1.29, 1.82) is 0 Å². The Balaban J connectivity index is 1.88. The second-order valence-electron chi connectivity index (χ2n) is 5.20.